The van der Waals surface area contributed by atoms with E-state index in [4.69, 9.17) is 4.74 Å². The van der Waals surface area contributed by atoms with Gasteiger partial charge in [-0.15, -0.1) is 10.2 Å². The van der Waals surface area contributed by atoms with Gasteiger partial charge in [-0.3, -0.25) is 0 Å². The highest BCUT2D eigenvalue weighted by Gasteiger charge is 2.27. The molecule has 3 heterocycles. The summed E-state index contributed by atoms with van der Waals surface area (Å²) in [5.74, 6) is 3.58. The van der Waals surface area contributed by atoms with E-state index in [1.54, 1.807) is 0 Å². The molecule has 4 nitrogen and oxygen atoms in total. The fourth-order valence-corrected chi connectivity index (χ4v) is 2.55. The number of aromatic nitrogens is 3. The molecule has 1 aromatic rings. The van der Waals surface area contributed by atoms with Gasteiger partial charge < -0.3 is 9.30 Å². The summed E-state index contributed by atoms with van der Waals surface area (Å²) in [4.78, 5) is 0. The fourth-order valence-electron chi connectivity index (χ4n) is 2.55. The third kappa shape index (κ3) is 1.57. The summed E-state index contributed by atoms with van der Waals surface area (Å²) >= 11 is 0. The van der Waals surface area contributed by atoms with Crippen molar-refractivity contribution in [3.63, 3.8) is 0 Å². The Balaban J connectivity index is 1.90. The SMILES string of the molecule is CC1CCn2c(nnc2C2CCOC2)C1. The highest BCUT2D eigenvalue weighted by atomic mass is 16.5. The van der Waals surface area contributed by atoms with Crippen molar-refractivity contribution in [3.8, 4) is 0 Å². The van der Waals surface area contributed by atoms with E-state index in [0.29, 0.717) is 5.92 Å². The largest absolute Gasteiger partial charge is 0.381 e. The van der Waals surface area contributed by atoms with Crippen molar-refractivity contribution < 1.29 is 4.74 Å². The van der Waals surface area contributed by atoms with E-state index in [-0.39, 0.29) is 0 Å². The first kappa shape index (κ1) is 9.33. The Kier molecular flexibility index (Phi) is 2.24. The van der Waals surface area contributed by atoms with Crippen molar-refractivity contribution in [2.24, 2.45) is 5.92 Å². The summed E-state index contributed by atoms with van der Waals surface area (Å²) in [6.45, 7) is 5.09. The molecule has 3 rings (SSSR count). The average Bonchev–Trinajstić information content (AvgIpc) is 2.82. The zero-order valence-electron chi connectivity index (χ0n) is 9.15. The lowest BCUT2D eigenvalue weighted by Crippen LogP contribution is -2.20. The molecule has 0 radical (unpaired) electrons. The molecule has 2 aliphatic heterocycles. The summed E-state index contributed by atoms with van der Waals surface area (Å²) in [7, 11) is 0. The number of hydrogen-bond donors (Lipinski definition) is 0. The Labute approximate surface area is 89.6 Å². The molecule has 0 aliphatic carbocycles. The van der Waals surface area contributed by atoms with Gasteiger partial charge in [-0.2, -0.15) is 0 Å². The number of ether oxygens (including phenoxy) is 1. The van der Waals surface area contributed by atoms with Crippen LogP contribution < -0.4 is 0 Å². The molecule has 2 aliphatic rings. The molecule has 2 unspecified atom stereocenters. The predicted molar refractivity (Wildman–Crippen MR) is 55.7 cm³/mol. The van der Waals surface area contributed by atoms with Gasteiger partial charge in [0.1, 0.15) is 11.6 Å². The van der Waals surface area contributed by atoms with E-state index in [1.165, 1.54) is 12.2 Å². The van der Waals surface area contributed by atoms with E-state index in [2.05, 4.69) is 21.7 Å². The minimum atomic E-state index is 0.486. The smallest absolute Gasteiger partial charge is 0.138 e. The van der Waals surface area contributed by atoms with Crippen molar-refractivity contribution in [2.75, 3.05) is 13.2 Å². The maximum atomic E-state index is 5.41. The van der Waals surface area contributed by atoms with Crippen LogP contribution >= 0.6 is 0 Å². The van der Waals surface area contributed by atoms with Crippen LogP contribution in [0.1, 0.15) is 37.3 Å². The summed E-state index contributed by atoms with van der Waals surface area (Å²) in [5, 5.41) is 8.66. The van der Waals surface area contributed by atoms with Gasteiger partial charge >= 0.3 is 0 Å². The van der Waals surface area contributed by atoms with Crippen LogP contribution in [0, 0.1) is 5.92 Å². The Bertz CT molecular complexity index is 355. The molecule has 2 atom stereocenters. The Morgan fingerprint density at radius 3 is 3.07 bits per heavy atom. The van der Waals surface area contributed by atoms with E-state index < -0.39 is 0 Å². The maximum Gasteiger partial charge on any atom is 0.138 e. The fraction of sp³-hybridized carbons (Fsp3) is 0.818. The van der Waals surface area contributed by atoms with Crippen molar-refractivity contribution in [2.45, 2.75) is 38.6 Å². The maximum absolute atomic E-state index is 5.41. The second kappa shape index (κ2) is 3.59. The van der Waals surface area contributed by atoms with Gasteiger partial charge in [-0.05, 0) is 18.8 Å². The van der Waals surface area contributed by atoms with Crippen LogP contribution in [0.2, 0.25) is 0 Å². The first-order valence-corrected chi connectivity index (χ1v) is 5.84. The molecule has 82 valence electrons. The molecule has 4 heteroatoms. The van der Waals surface area contributed by atoms with E-state index in [0.717, 1.165) is 44.3 Å². The molecule has 1 fully saturated rings. The van der Waals surface area contributed by atoms with Gasteiger partial charge in [0.2, 0.25) is 0 Å². The third-order valence-electron chi connectivity index (χ3n) is 3.53. The molecule has 0 bridgehead atoms. The zero-order chi connectivity index (χ0) is 10.3. The lowest BCUT2D eigenvalue weighted by Gasteiger charge is -2.21. The van der Waals surface area contributed by atoms with Gasteiger partial charge in [-0.25, -0.2) is 0 Å². The third-order valence-corrected chi connectivity index (χ3v) is 3.53. The molecular formula is C11H17N3O. The number of hydrogen-bond acceptors (Lipinski definition) is 3. The summed E-state index contributed by atoms with van der Waals surface area (Å²) in [6, 6.07) is 0. The average molecular weight is 207 g/mol. The highest BCUT2D eigenvalue weighted by Crippen LogP contribution is 2.27. The minimum Gasteiger partial charge on any atom is -0.381 e. The molecule has 0 saturated carbocycles. The van der Waals surface area contributed by atoms with Crippen molar-refractivity contribution in [1.82, 2.24) is 14.8 Å². The topological polar surface area (TPSA) is 39.9 Å². The van der Waals surface area contributed by atoms with Crippen LogP contribution in [0.5, 0.6) is 0 Å². The Morgan fingerprint density at radius 1 is 1.33 bits per heavy atom. The second-order valence-electron chi connectivity index (χ2n) is 4.78. The minimum absolute atomic E-state index is 0.486. The van der Waals surface area contributed by atoms with Gasteiger partial charge in [0.05, 0.1) is 6.61 Å². The summed E-state index contributed by atoms with van der Waals surface area (Å²) in [5.41, 5.74) is 0. The monoisotopic (exact) mass is 207 g/mol. The van der Waals surface area contributed by atoms with E-state index in [1.807, 2.05) is 0 Å². The lowest BCUT2D eigenvalue weighted by molar-refractivity contribution is 0.192. The normalized spacial score (nSPS) is 30.5. The zero-order valence-corrected chi connectivity index (χ0v) is 9.15. The molecule has 1 saturated heterocycles. The molecule has 0 aromatic carbocycles. The van der Waals surface area contributed by atoms with Crippen LogP contribution in [0.25, 0.3) is 0 Å². The van der Waals surface area contributed by atoms with Crippen LogP contribution in [-0.4, -0.2) is 28.0 Å². The van der Waals surface area contributed by atoms with Crippen molar-refractivity contribution in [3.05, 3.63) is 11.6 Å². The van der Waals surface area contributed by atoms with Crippen LogP contribution in [0.15, 0.2) is 0 Å². The highest BCUT2D eigenvalue weighted by molar-refractivity contribution is 5.06. The number of nitrogens with zero attached hydrogens (tertiary/aromatic N) is 3. The predicted octanol–water partition coefficient (Wildman–Crippen LogP) is 1.36. The summed E-state index contributed by atoms with van der Waals surface area (Å²) in [6.07, 6.45) is 3.44. The second-order valence-corrected chi connectivity index (χ2v) is 4.78. The molecule has 1 aromatic heterocycles. The first-order chi connectivity index (χ1) is 7.34. The van der Waals surface area contributed by atoms with Crippen LogP contribution in [0.4, 0.5) is 0 Å². The van der Waals surface area contributed by atoms with Crippen LogP contribution in [-0.2, 0) is 17.7 Å². The van der Waals surface area contributed by atoms with E-state index >= 15 is 0 Å². The first-order valence-electron chi connectivity index (χ1n) is 5.84. The van der Waals surface area contributed by atoms with Crippen LogP contribution in [0.3, 0.4) is 0 Å². The quantitative estimate of drug-likeness (QED) is 0.698. The van der Waals surface area contributed by atoms with Gasteiger partial charge in [0.15, 0.2) is 0 Å². The molecule has 0 amide bonds. The Hall–Kier alpha value is -0.900. The molecule has 15 heavy (non-hydrogen) atoms. The van der Waals surface area contributed by atoms with Gasteiger partial charge in [0, 0.05) is 25.5 Å². The van der Waals surface area contributed by atoms with Gasteiger partial charge in [-0.1, -0.05) is 6.92 Å². The lowest BCUT2D eigenvalue weighted by atomic mass is 9.99. The molecule has 0 spiro atoms. The summed E-state index contributed by atoms with van der Waals surface area (Å²) < 4.78 is 7.73. The number of rotatable bonds is 1. The van der Waals surface area contributed by atoms with Gasteiger partial charge in [0.25, 0.3) is 0 Å². The van der Waals surface area contributed by atoms with E-state index in [9.17, 15) is 0 Å². The Morgan fingerprint density at radius 2 is 2.27 bits per heavy atom. The number of fused-ring (bicyclic) bond motifs is 1. The molecule has 0 N–H and O–H groups in total. The molecular weight excluding hydrogens is 190 g/mol. The van der Waals surface area contributed by atoms with Crippen molar-refractivity contribution >= 4 is 0 Å². The standard InChI is InChI=1S/C11H17N3O/c1-8-2-4-14-10(6-8)12-13-11(14)9-3-5-15-7-9/h8-9H,2-7H2,1H3. The van der Waals surface area contributed by atoms with Crippen molar-refractivity contribution in [1.29, 1.82) is 0 Å².